The lowest BCUT2D eigenvalue weighted by atomic mass is 10.2. The molecular formula is C20H20Cl2N2O6. The number of rotatable bonds is 10. The standard InChI is InChI=1S/C20H20Cl2N2O6/c1-28-14-3-5-15(6-4-14)29-8-9-30-19(26)12-23-18(25)11-24-20(27)16-7-2-13(21)10-17(16)22/h2-7,10H,8-9,11-12H2,1H3,(H,23,25)(H,24,27). The van der Waals surface area contributed by atoms with E-state index in [-0.39, 0.29) is 36.9 Å². The van der Waals surface area contributed by atoms with E-state index in [9.17, 15) is 14.4 Å². The number of methoxy groups -OCH3 is 1. The maximum atomic E-state index is 12.0. The van der Waals surface area contributed by atoms with Gasteiger partial charge < -0.3 is 24.8 Å². The van der Waals surface area contributed by atoms with E-state index in [0.29, 0.717) is 16.5 Å². The first kappa shape index (κ1) is 23.3. The fourth-order valence-corrected chi connectivity index (χ4v) is 2.69. The van der Waals surface area contributed by atoms with E-state index >= 15 is 0 Å². The number of nitrogens with one attached hydrogen (secondary N) is 2. The Bertz CT molecular complexity index is 889. The fourth-order valence-electron chi connectivity index (χ4n) is 2.20. The van der Waals surface area contributed by atoms with Gasteiger partial charge in [0.25, 0.3) is 5.91 Å². The van der Waals surface area contributed by atoms with Crippen LogP contribution in [0.5, 0.6) is 11.5 Å². The van der Waals surface area contributed by atoms with E-state index in [0.717, 1.165) is 0 Å². The van der Waals surface area contributed by atoms with Crippen LogP contribution in [0.3, 0.4) is 0 Å². The van der Waals surface area contributed by atoms with Crippen molar-refractivity contribution in [1.82, 2.24) is 10.6 Å². The molecule has 0 bridgehead atoms. The van der Waals surface area contributed by atoms with Gasteiger partial charge in [-0.15, -0.1) is 0 Å². The van der Waals surface area contributed by atoms with Crippen molar-refractivity contribution in [2.24, 2.45) is 0 Å². The Balaban J connectivity index is 1.60. The summed E-state index contributed by atoms with van der Waals surface area (Å²) in [7, 11) is 1.57. The highest BCUT2D eigenvalue weighted by molar-refractivity contribution is 6.36. The molecule has 8 nitrogen and oxygen atoms in total. The minimum atomic E-state index is -0.631. The zero-order valence-corrected chi connectivity index (χ0v) is 17.6. The maximum Gasteiger partial charge on any atom is 0.325 e. The van der Waals surface area contributed by atoms with Gasteiger partial charge in [-0.05, 0) is 42.5 Å². The van der Waals surface area contributed by atoms with E-state index in [4.69, 9.17) is 37.4 Å². The summed E-state index contributed by atoms with van der Waals surface area (Å²) in [5.41, 5.74) is 0.185. The number of carbonyl (C=O) groups excluding carboxylic acids is 3. The first-order valence-corrected chi connectivity index (χ1v) is 9.57. The Morgan fingerprint density at radius 1 is 0.900 bits per heavy atom. The summed E-state index contributed by atoms with van der Waals surface area (Å²) in [6.45, 7) is -0.485. The SMILES string of the molecule is COc1ccc(OCCOC(=O)CNC(=O)CNC(=O)c2ccc(Cl)cc2Cl)cc1. The van der Waals surface area contributed by atoms with E-state index < -0.39 is 17.8 Å². The molecule has 0 aliphatic carbocycles. The van der Waals surface area contributed by atoms with Gasteiger partial charge in [-0.2, -0.15) is 0 Å². The maximum absolute atomic E-state index is 12.0. The van der Waals surface area contributed by atoms with Gasteiger partial charge in [0.1, 0.15) is 31.3 Å². The molecule has 0 aliphatic heterocycles. The van der Waals surface area contributed by atoms with Crippen molar-refractivity contribution in [3.05, 3.63) is 58.1 Å². The molecule has 0 aliphatic rings. The summed E-state index contributed by atoms with van der Waals surface area (Å²) in [5, 5.41) is 5.31. The molecule has 0 spiro atoms. The van der Waals surface area contributed by atoms with Gasteiger partial charge in [0.15, 0.2) is 0 Å². The molecular weight excluding hydrogens is 435 g/mol. The van der Waals surface area contributed by atoms with Gasteiger partial charge >= 0.3 is 5.97 Å². The molecule has 0 aromatic heterocycles. The normalized spacial score (nSPS) is 10.1. The van der Waals surface area contributed by atoms with Gasteiger partial charge in [-0.1, -0.05) is 23.2 Å². The molecule has 2 aromatic rings. The van der Waals surface area contributed by atoms with Crippen LogP contribution in [0.15, 0.2) is 42.5 Å². The van der Waals surface area contributed by atoms with E-state index in [1.807, 2.05) is 0 Å². The quantitative estimate of drug-likeness (QED) is 0.422. The van der Waals surface area contributed by atoms with Crippen LogP contribution in [-0.4, -0.2) is 51.2 Å². The van der Waals surface area contributed by atoms with Crippen LogP contribution in [0.2, 0.25) is 10.0 Å². The van der Waals surface area contributed by atoms with Crippen molar-refractivity contribution < 1.29 is 28.6 Å². The van der Waals surface area contributed by atoms with Crippen molar-refractivity contribution in [1.29, 1.82) is 0 Å². The van der Waals surface area contributed by atoms with Gasteiger partial charge in [0, 0.05) is 5.02 Å². The smallest absolute Gasteiger partial charge is 0.325 e. The summed E-state index contributed by atoms with van der Waals surface area (Å²) in [4.78, 5) is 35.4. The molecule has 0 saturated heterocycles. The number of carbonyl (C=O) groups is 3. The Morgan fingerprint density at radius 2 is 1.60 bits per heavy atom. The zero-order chi connectivity index (χ0) is 21.9. The summed E-state index contributed by atoms with van der Waals surface area (Å²) in [6, 6.07) is 11.3. The number of benzene rings is 2. The lowest BCUT2D eigenvalue weighted by Crippen LogP contribution is -2.39. The first-order valence-electron chi connectivity index (χ1n) is 8.81. The third-order valence-corrected chi connectivity index (χ3v) is 4.24. The lowest BCUT2D eigenvalue weighted by Gasteiger charge is -2.09. The highest BCUT2D eigenvalue weighted by Crippen LogP contribution is 2.20. The van der Waals surface area contributed by atoms with E-state index in [1.54, 1.807) is 31.4 Å². The molecule has 2 amide bonds. The van der Waals surface area contributed by atoms with Crippen molar-refractivity contribution >= 4 is 41.0 Å². The second-order valence-corrected chi connectivity index (χ2v) is 6.67. The van der Waals surface area contributed by atoms with Crippen LogP contribution >= 0.6 is 23.2 Å². The minimum Gasteiger partial charge on any atom is -0.497 e. The van der Waals surface area contributed by atoms with Crippen molar-refractivity contribution in [3.63, 3.8) is 0 Å². The fraction of sp³-hybridized carbons (Fsp3) is 0.250. The molecule has 0 radical (unpaired) electrons. The van der Waals surface area contributed by atoms with E-state index in [2.05, 4.69) is 10.6 Å². The zero-order valence-electron chi connectivity index (χ0n) is 16.1. The summed E-state index contributed by atoms with van der Waals surface area (Å²) < 4.78 is 15.4. The second-order valence-electron chi connectivity index (χ2n) is 5.83. The average Bonchev–Trinajstić information content (AvgIpc) is 2.74. The molecule has 0 heterocycles. The molecule has 30 heavy (non-hydrogen) atoms. The molecule has 0 saturated carbocycles. The van der Waals surface area contributed by atoms with Gasteiger partial charge in [-0.25, -0.2) is 0 Å². The summed E-state index contributed by atoms with van der Waals surface area (Å²) >= 11 is 11.7. The largest absolute Gasteiger partial charge is 0.497 e. The van der Waals surface area contributed by atoms with E-state index in [1.165, 1.54) is 18.2 Å². The Morgan fingerprint density at radius 3 is 2.27 bits per heavy atom. The Hall–Kier alpha value is -2.97. The number of halogens is 2. The first-order chi connectivity index (χ1) is 14.4. The molecule has 160 valence electrons. The number of amides is 2. The van der Waals surface area contributed by atoms with Crippen LogP contribution in [0, 0.1) is 0 Å². The minimum absolute atomic E-state index is 0.0204. The third kappa shape index (κ3) is 7.81. The molecule has 2 aromatic carbocycles. The third-order valence-electron chi connectivity index (χ3n) is 3.69. The monoisotopic (exact) mass is 454 g/mol. The Labute approximate surface area is 183 Å². The van der Waals surface area contributed by atoms with Gasteiger partial charge in [0.2, 0.25) is 5.91 Å². The second kappa shape index (κ2) is 11.9. The van der Waals surface area contributed by atoms with Crippen LogP contribution in [0.25, 0.3) is 0 Å². The molecule has 10 heteroatoms. The van der Waals surface area contributed by atoms with Crippen LogP contribution in [0.1, 0.15) is 10.4 Å². The number of ether oxygens (including phenoxy) is 3. The number of hydrogen-bond donors (Lipinski definition) is 2. The van der Waals surface area contributed by atoms with Crippen LogP contribution in [0.4, 0.5) is 0 Å². The predicted octanol–water partition coefficient (Wildman–Crippen LogP) is 2.47. The number of esters is 1. The van der Waals surface area contributed by atoms with Gasteiger partial charge in [0.05, 0.1) is 24.2 Å². The van der Waals surface area contributed by atoms with Gasteiger partial charge in [-0.3, -0.25) is 14.4 Å². The molecule has 0 atom stereocenters. The lowest BCUT2D eigenvalue weighted by molar-refractivity contribution is -0.144. The molecule has 0 unspecified atom stereocenters. The van der Waals surface area contributed by atoms with Crippen molar-refractivity contribution in [2.75, 3.05) is 33.4 Å². The molecule has 2 N–H and O–H groups in total. The topological polar surface area (TPSA) is 103 Å². The predicted molar refractivity (Wildman–Crippen MR) is 111 cm³/mol. The van der Waals surface area contributed by atoms with Crippen molar-refractivity contribution in [3.8, 4) is 11.5 Å². The highest BCUT2D eigenvalue weighted by Gasteiger charge is 2.13. The molecule has 2 rings (SSSR count). The highest BCUT2D eigenvalue weighted by atomic mass is 35.5. The summed E-state index contributed by atoms with van der Waals surface area (Å²) in [6.07, 6.45) is 0. The van der Waals surface area contributed by atoms with Crippen LogP contribution in [-0.2, 0) is 14.3 Å². The number of hydrogen-bond acceptors (Lipinski definition) is 6. The average molecular weight is 455 g/mol. The van der Waals surface area contributed by atoms with Crippen molar-refractivity contribution in [2.45, 2.75) is 0 Å². The molecule has 0 fully saturated rings. The Kier molecular flexibility index (Phi) is 9.24. The summed E-state index contributed by atoms with van der Waals surface area (Å²) in [5.74, 6) is -0.410. The van der Waals surface area contributed by atoms with Crippen LogP contribution < -0.4 is 20.1 Å².